The fourth-order valence-corrected chi connectivity index (χ4v) is 3.01. The Kier molecular flexibility index (Phi) is 5.08. The summed E-state index contributed by atoms with van der Waals surface area (Å²) in [5.41, 5.74) is -0.569. The molecule has 0 bridgehead atoms. The summed E-state index contributed by atoms with van der Waals surface area (Å²) in [5, 5.41) is 3.35. The van der Waals surface area contributed by atoms with Crippen molar-refractivity contribution in [2.45, 2.75) is 37.9 Å². The molecule has 21 heavy (non-hydrogen) atoms. The Labute approximate surface area is 122 Å². The number of alkyl halides is 3. The summed E-state index contributed by atoms with van der Waals surface area (Å²) >= 11 is 0. The third kappa shape index (κ3) is 4.33. The zero-order valence-corrected chi connectivity index (χ0v) is 12.0. The Hall–Kier alpha value is -1.30. The molecule has 0 saturated carbocycles. The predicted octanol–water partition coefficient (Wildman–Crippen LogP) is 2.98. The molecule has 3 nitrogen and oxygen atoms in total. The van der Waals surface area contributed by atoms with Crippen molar-refractivity contribution < 1.29 is 22.7 Å². The van der Waals surface area contributed by atoms with Gasteiger partial charge < -0.3 is 10.1 Å². The Morgan fingerprint density at radius 3 is 2.81 bits per heavy atom. The molecule has 1 unspecified atom stereocenters. The first-order chi connectivity index (χ1) is 9.90. The topological polar surface area (TPSA) is 38.3 Å². The molecule has 2 aliphatic rings. The number of allylic oxidation sites excluding steroid dienone is 3. The smallest absolute Gasteiger partial charge is 0.416 e. The summed E-state index contributed by atoms with van der Waals surface area (Å²) in [4.78, 5) is 11.3. The number of halogens is 3. The van der Waals surface area contributed by atoms with Crippen LogP contribution in [0.4, 0.5) is 13.2 Å². The number of hydrogen-bond donors (Lipinski definition) is 1. The lowest BCUT2D eigenvalue weighted by atomic mass is 9.81. The number of nitrogens with one attached hydrogen (secondary N) is 1. The lowest BCUT2D eigenvalue weighted by Gasteiger charge is -2.34. The van der Waals surface area contributed by atoms with Gasteiger partial charge in [0.25, 0.3) is 0 Å². The van der Waals surface area contributed by atoms with Crippen molar-refractivity contribution in [1.82, 2.24) is 5.32 Å². The summed E-state index contributed by atoms with van der Waals surface area (Å²) in [5.74, 6) is 0.0701. The molecule has 0 radical (unpaired) electrons. The van der Waals surface area contributed by atoms with E-state index in [2.05, 4.69) is 10.1 Å². The first-order valence-electron chi connectivity index (χ1n) is 7.16. The Morgan fingerprint density at radius 1 is 1.48 bits per heavy atom. The molecule has 1 N–H and O–H groups in total. The monoisotopic (exact) mass is 303 g/mol. The maximum atomic E-state index is 12.6. The van der Waals surface area contributed by atoms with Crippen molar-refractivity contribution >= 4 is 5.97 Å². The van der Waals surface area contributed by atoms with Crippen LogP contribution in [-0.2, 0) is 9.53 Å². The number of methoxy groups -OCH3 is 1. The van der Waals surface area contributed by atoms with Gasteiger partial charge >= 0.3 is 12.1 Å². The fraction of sp³-hybridized carbons (Fsp3) is 0.667. The molecule has 3 atom stereocenters. The van der Waals surface area contributed by atoms with E-state index < -0.39 is 11.7 Å². The van der Waals surface area contributed by atoms with Crippen molar-refractivity contribution in [3.05, 3.63) is 23.8 Å². The standard InChI is InChI=1S/C15H20F3NO2/c1-21-14(20)9-10-6-7-19-13(8-10)11-2-4-12(5-3-11)15(16,17)18/h2,4-5,10-11,13,19H,3,6-9H2,1H3/t10-,11?,13+/m0/s1. The van der Waals surface area contributed by atoms with Crippen molar-refractivity contribution in [2.75, 3.05) is 13.7 Å². The third-order valence-electron chi connectivity index (χ3n) is 4.21. The van der Waals surface area contributed by atoms with Crippen LogP contribution in [0.2, 0.25) is 0 Å². The minimum atomic E-state index is -4.27. The van der Waals surface area contributed by atoms with Crippen LogP contribution < -0.4 is 5.32 Å². The molecule has 0 aromatic carbocycles. The zero-order valence-electron chi connectivity index (χ0n) is 12.0. The van der Waals surface area contributed by atoms with Crippen LogP contribution in [0.3, 0.4) is 0 Å². The van der Waals surface area contributed by atoms with Gasteiger partial charge in [0.15, 0.2) is 0 Å². The van der Waals surface area contributed by atoms with Crippen molar-refractivity contribution in [1.29, 1.82) is 0 Å². The lowest BCUT2D eigenvalue weighted by molar-refractivity contribution is -0.142. The summed E-state index contributed by atoms with van der Waals surface area (Å²) < 4.78 is 42.4. The SMILES string of the molecule is COC(=O)C[C@H]1CCN[C@@H](C2C=CC(C(F)(F)F)=CC2)C1. The van der Waals surface area contributed by atoms with Gasteiger partial charge in [0.05, 0.1) is 12.7 Å². The van der Waals surface area contributed by atoms with E-state index in [1.165, 1.54) is 19.3 Å². The molecule has 1 saturated heterocycles. The average molecular weight is 303 g/mol. The Morgan fingerprint density at radius 2 is 2.24 bits per heavy atom. The largest absolute Gasteiger partial charge is 0.469 e. The van der Waals surface area contributed by atoms with Crippen LogP contribution in [0.1, 0.15) is 25.7 Å². The molecule has 0 aromatic rings. The first-order valence-corrected chi connectivity index (χ1v) is 7.16. The Balaban J connectivity index is 1.90. The number of piperidine rings is 1. The molecule has 0 spiro atoms. The summed E-state index contributed by atoms with van der Waals surface area (Å²) in [7, 11) is 1.37. The van der Waals surface area contributed by atoms with Gasteiger partial charge in [-0.1, -0.05) is 18.2 Å². The van der Waals surface area contributed by atoms with E-state index in [9.17, 15) is 18.0 Å². The Bertz CT molecular complexity index is 443. The average Bonchev–Trinajstić information content (AvgIpc) is 2.46. The number of ether oxygens (including phenoxy) is 1. The molecule has 6 heteroatoms. The molecule has 0 amide bonds. The minimum absolute atomic E-state index is 0.0524. The van der Waals surface area contributed by atoms with Crippen LogP contribution in [0, 0.1) is 11.8 Å². The van der Waals surface area contributed by atoms with Crippen LogP contribution in [0.15, 0.2) is 23.8 Å². The van der Waals surface area contributed by atoms with Crippen LogP contribution in [0.5, 0.6) is 0 Å². The highest BCUT2D eigenvalue weighted by molar-refractivity contribution is 5.69. The van der Waals surface area contributed by atoms with E-state index in [4.69, 9.17) is 0 Å². The first kappa shape index (κ1) is 16.1. The lowest BCUT2D eigenvalue weighted by Crippen LogP contribution is -2.43. The molecule has 1 fully saturated rings. The van der Waals surface area contributed by atoms with Crippen molar-refractivity contribution in [2.24, 2.45) is 11.8 Å². The highest BCUT2D eigenvalue weighted by atomic mass is 19.4. The highest BCUT2D eigenvalue weighted by Gasteiger charge is 2.35. The molecular formula is C15H20F3NO2. The molecule has 1 aliphatic heterocycles. The van der Waals surface area contributed by atoms with Gasteiger partial charge in [0.2, 0.25) is 0 Å². The van der Waals surface area contributed by atoms with Gasteiger partial charge in [-0.15, -0.1) is 0 Å². The van der Waals surface area contributed by atoms with E-state index in [0.29, 0.717) is 12.8 Å². The predicted molar refractivity (Wildman–Crippen MR) is 72.5 cm³/mol. The molecule has 118 valence electrons. The van der Waals surface area contributed by atoms with Crippen LogP contribution in [0.25, 0.3) is 0 Å². The second kappa shape index (κ2) is 6.64. The molecule has 1 aliphatic carbocycles. The van der Waals surface area contributed by atoms with E-state index >= 15 is 0 Å². The van der Waals surface area contributed by atoms with E-state index in [0.717, 1.165) is 19.4 Å². The van der Waals surface area contributed by atoms with E-state index in [1.54, 1.807) is 6.08 Å². The van der Waals surface area contributed by atoms with E-state index in [1.807, 2.05) is 0 Å². The second-order valence-corrected chi connectivity index (χ2v) is 5.65. The van der Waals surface area contributed by atoms with Crippen LogP contribution in [-0.4, -0.2) is 31.8 Å². The normalized spacial score (nSPS) is 29.9. The quantitative estimate of drug-likeness (QED) is 0.815. The van der Waals surface area contributed by atoms with Gasteiger partial charge in [0.1, 0.15) is 0 Å². The van der Waals surface area contributed by atoms with E-state index in [-0.39, 0.29) is 23.8 Å². The number of carbonyl (C=O) groups is 1. The van der Waals surface area contributed by atoms with Crippen LogP contribution >= 0.6 is 0 Å². The molecule has 1 heterocycles. The molecule has 0 aromatic heterocycles. The maximum absolute atomic E-state index is 12.6. The molecular weight excluding hydrogens is 283 g/mol. The number of hydrogen-bond acceptors (Lipinski definition) is 3. The number of rotatable bonds is 3. The highest BCUT2D eigenvalue weighted by Crippen LogP contribution is 2.34. The molecule has 2 rings (SSSR count). The third-order valence-corrected chi connectivity index (χ3v) is 4.21. The van der Waals surface area contributed by atoms with Gasteiger partial charge in [0, 0.05) is 12.5 Å². The second-order valence-electron chi connectivity index (χ2n) is 5.65. The minimum Gasteiger partial charge on any atom is -0.469 e. The van der Waals surface area contributed by atoms with Gasteiger partial charge in [-0.3, -0.25) is 4.79 Å². The van der Waals surface area contributed by atoms with Crippen molar-refractivity contribution in [3.8, 4) is 0 Å². The summed E-state index contributed by atoms with van der Waals surface area (Å²) in [6.45, 7) is 0.784. The number of esters is 1. The maximum Gasteiger partial charge on any atom is 0.416 e. The summed E-state index contributed by atoms with van der Waals surface area (Å²) in [6, 6.07) is 0.121. The fourth-order valence-electron chi connectivity index (χ4n) is 3.01. The van der Waals surface area contributed by atoms with Gasteiger partial charge in [-0.25, -0.2) is 0 Å². The van der Waals surface area contributed by atoms with Gasteiger partial charge in [-0.05, 0) is 37.6 Å². The van der Waals surface area contributed by atoms with Gasteiger partial charge in [-0.2, -0.15) is 13.2 Å². The van der Waals surface area contributed by atoms with Crippen molar-refractivity contribution in [3.63, 3.8) is 0 Å². The number of carbonyl (C=O) groups excluding carboxylic acids is 1. The summed E-state index contributed by atoms with van der Waals surface area (Å²) in [6.07, 6.45) is 2.25. The zero-order chi connectivity index (χ0) is 15.5.